The molecule has 0 saturated heterocycles. The molecule has 0 aliphatic heterocycles. The van der Waals surface area contributed by atoms with E-state index in [1.165, 1.54) is 0 Å². The summed E-state index contributed by atoms with van der Waals surface area (Å²) < 4.78 is 0. The number of phenolic OH excluding ortho intramolecular Hbond substituents is 3. The Labute approximate surface area is 174 Å². The fourth-order valence-electron chi connectivity index (χ4n) is 4.31. The van der Waals surface area contributed by atoms with Crippen LogP contribution in [0.4, 0.5) is 0 Å². The summed E-state index contributed by atoms with van der Waals surface area (Å²) in [5.74, 6) is 0.550. The van der Waals surface area contributed by atoms with E-state index in [1.807, 2.05) is 72.8 Å². The maximum absolute atomic E-state index is 10.4. The van der Waals surface area contributed by atoms with E-state index in [0.29, 0.717) is 0 Å². The first kappa shape index (κ1) is 18.1. The van der Waals surface area contributed by atoms with Crippen molar-refractivity contribution < 1.29 is 15.3 Å². The third-order valence-electron chi connectivity index (χ3n) is 5.72. The first-order chi connectivity index (χ1) is 14.6. The Kier molecular flexibility index (Phi) is 4.29. The van der Waals surface area contributed by atoms with Gasteiger partial charge in [-0.2, -0.15) is 0 Å². The Bertz CT molecular complexity index is 1290. The van der Waals surface area contributed by atoms with Gasteiger partial charge in [-0.1, -0.05) is 72.8 Å². The molecule has 3 nitrogen and oxygen atoms in total. The minimum absolute atomic E-state index is 0.151. The third kappa shape index (κ3) is 2.92. The molecule has 0 aliphatic rings. The van der Waals surface area contributed by atoms with Crippen LogP contribution in [0.3, 0.4) is 0 Å². The highest BCUT2D eigenvalue weighted by molar-refractivity contribution is 5.95. The maximum atomic E-state index is 10.4. The highest BCUT2D eigenvalue weighted by Crippen LogP contribution is 2.42. The molecule has 0 unspecified atom stereocenters. The highest BCUT2D eigenvalue weighted by Gasteiger charge is 2.22. The van der Waals surface area contributed by atoms with E-state index in [0.717, 1.165) is 38.2 Å². The van der Waals surface area contributed by atoms with Crippen molar-refractivity contribution in [2.24, 2.45) is 0 Å². The summed E-state index contributed by atoms with van der Waals surface area (Å²) in [5.41, 5.74) is 3.11. The lowest BCUT2D eigenvalue weighted by Gasteiger charge is -2.23. The minimum Gasteiger partial charge on any atom is -0.508 e. The van der Waals surface area contributed by atoms with Crippen LogP contribution in [0.15, 0.2) is 97.1 Å². The SMILES string of the molecule is Oc1ccc(C(c2ccc(O)c3ccccc23)c2ccc(O)c3ccccc23)cc1. The van der Waals surface area contributed by atoms with E-state index in [1.54, 1.807) is 24.3 Å². The molecule has 30 heavy (non-hydrogen) atoms. The molecular formula is C27H20O3. The molecule has 0 bridgehead atoms. The van der Waals surface area contributed by atoms with Gasteiger partial charge in [-0.05, 0) is 51.7 Å². The van der Waals surface area contributed by atoms with Crippen LogP contribution in [0.5, 0.6) is 17.2 Å². The second-order valence-electron chi connectivity index (χ2n) is 7.46. The zero-order valence-corrected chi connectivity index (χ0v) is 16.2. The number of rotatable bonds is 3. The standard InChI is InChI=1S/C27H20O3/c28-18-11-9-17(10-12-18)27(23-13-15-25(29)21-7-3-1-5-19(21)23)24-14-16-26(30)22-8-4-2-6-20(22)24/h1-16,27-30H. The Balaban J connectivity index is 1.86. The summed E-state index contributed by atoms with van der Waals surface area (Å²) in [6, 6.07) is 30.2. The average molecular weight is 392 g/mol. The van der Waals surface area contributed by atoms with E-state index in [4.69, 9.17) is 0 Å². The summed E-state index contributed by atoms with van der Waals surface area (Å²) >= 11 is 0. The van der Waals surface area contributed by atoms with Crippen LogP contribution in [-0.2, 0) is 0 Å². The summed E-state index contributed by atoms with van der Waals surface area (Å²) in [6.45, 7) is 0. The molecule has 0 heterocycles. The second kappa shape index (κ2) is 7.12. The van der Waals surface area contributed by atoms with Crippen LogP contribution in [0.25, 0.3) is 21.5 Å². The third-order valence-corrected chi connectivity index (χ3v) is 5.72. The predicted octanol–water partition coefficient (Wildman–Crippen LogP) is 6.29. The number of hydrogen-bond acceptors (Lipinski definition) is 3. The molecule has 0 aromatic heterocycles. The van der Waals surface area contributed by atoms with Gasteiger partial charge in [0.2, 0.25) is 0 Å². The van der Waals surface area contributed by atoms with Crippen molar-refractivity contribution in [1.29, 1.82) is 0 Å². The number of fused-ring (bicyclic) bond motifs is 2. The second-order valence-corrected chi connectivity index (χ2v) is 7.46. The number of phenols is 3. The molecule has 0 atom stereocenters. The van der Waals surface area contributed by atoms with Gasteiger partial charge in [-0.25, -0.2) is 0 Å². The van der Waals surface area contributed by atoms with Crippen molar-refractivity contribution in [2.45, 2.75) is 5.92 Å². The van der Waals surface area contributed by atoms with E-state index in [9.17, 15) is 15.3 Å². The van der Waals surface area contributed by atoms with Crippen molar-refractivity contribution in [3.63, 3.8) is 0 Å². The Morgan fingerprint density at radius 2 is 0.867 bits per heavy atom. The van der Waals surface area contributed by atoms with Gasteiger partial charge in [-0.3, -0.25) is 0 Å². The van der Waals surface area contributed by atoms with Crippen LogP contribution in [0, 0.1) is 0 Å². The zero-order chi connectivity index (χ0) is 20.7. The fraction of sp³-hybridized carbons (Fsp3) is 0.0370. The van der Waals surface area contributed by atoms with Gasteiger partial charge in [0.05, 0.1) is 0 Å². The summed E-state index contributed by atoms with van der Waals surface area (Å²) in [6.07, 6.45) is 0. The monoisotopic (exact) mass is 392 g/mol. The molecule has 3 heteroatoms. The first-order valence-electron chi connectivity index (χ1n) is 9.83. The molecule has 0 radical (unpaired) electrons. The predicted molar refractivity (Wildman–Crippen MR) is 120 cm³/mol. The van der Waals surface area contributed by atoms with Crippen LogP contribution < -0.4 is 0 Å². The van der Waals surface area contributed by atoms with Gasteiger partial charge in [0.1, 0.15) is 17.2 Å². The maximum Gasteiger partial charge on any atom is 0.123 e. The topological polar surface area (TPSA) is 60.7 Å². The number of aromatic hydroxyl groups is 3. The van der Waals surface area contributed by atoms with Gasteiger partial charge in [0, 0.05) is 16.7 Å². The Hall–Kier alpha value is -3.98. The van der Waals surface area contributed by atoms with Gasteiger partial charge in [0.25, 0.3) is 0 Å². The lowest BCUT2D eigenvalue weighted by Crippen LogP contribution is -2.05. The van der Waals surface area contributed by atoms with Crippen molar-refractivity contribution >= 4 is 21.5 Å². The van der Waals surface area contributed by atoms with E-state index < -0.39 is 0 Å². The number of benzene rings is 5. The van der Waals surface area contributed by atoms with Gasteiger partial charge in [0.15, 0.2) is 0 Å². The van der Waals surface area contributed by atoms with E-state index in [2.05, 4.69) is 0 Å². The largest absolute Gasteiger partial charge is 0.508 e. The lowest BCUT2D eigenvalue weighted by molar-refractivity contribution is 0.475. The molecule has 5 aromatic rings. The van der Waals surface area contributed by atoms with Crippen LogP contribution in [-0.4, -0.2) is 15.3 Å². The Morgan fingerprint density at radius 3 is 1.33 bits per heavy atom. The van der Waals surface area contributed by atoms with Crippen molar-refractivity contribution in [3.05, 3.63) is 114 Å². The van der Waals surface area contributed by atoms with Crippen LogP contribution in [0.1, 0.15) is 22.6 Å². The van der Waals surface area contributed by atoms with Gasteiger partial charge < -0.3 is 15.3 Å². The lowest BCUT2D eigenvalue weighted by atomic mass is 9.80. The molecule has 0 amide bonds. The molecule has 3 N–H and O–H groups in total. The molecule has 0 saturated carbocycles. The molecule has 0 fully saturated rings. The normalized spacial score (nSPS) is 11.4. The van der Waals surface area contributed by atoms with Crippen LogP contribution in [0.2, 0.25) is 0 Å². The zero-order valence-electron chi connectivity index (χ0n) is 16.2. The average Bonchev–Trinajstić information content (AvgIpc) is 2.78. The van der Waals surface area contributed by atoms with E-state index >= 15 is 0 Å². The summed E-state index contributed by atoms with van der Waals surface area (Å²) in [4.78, 5) is 0. The smallest absolute Gasteiger partial charge is 0.123 e. The minimum atomic E-state index is -0.151. The molecule has 146 valence electrons. The summed E-state index contributed by atoms with van der Waals surface area (Å²) in [5, 5.41) is 34.1. The van der Waals surface area contributed by atoms with Crippen molar-refractivity contribution in [1.82, 2.24) is 0 Å². The van der Waals surface area contributed by atoms with Gasteiger partial charge in [-0.15, -0.1) is 0 Å². The molecule has 0 aliphatic carbocycles. The van der Waals surface area contributed by atoms with E-state index in [-0.39, 0.29) is 23.2 Å². The first-order valence-corrected chi connectivity index (χ1v) is 9.83. The molecule has 5 rings (SSSR count). The molecular weight excluding hydrogens is 372 g/mol. The van der Waals surface area contributed by atoms with Crippen LogP contribution >= 0.6 is 0 Å². The fourth-order valence-corrected chi connectivity index (χ4v) is 4.31. The summed E-state index contributed by atoms with van der Waals surface area (Å²) in [7, 11) is 0. The Morgan fingerprint density at radius 1 is 0.433 bits per heavy atom. The molecule has 5 aromatic carbocycles. The highest BCUT2D eigenvalue weighted by atomic mass is 16.3. The molecule has 0 spiro atoms. The number of hydrogen-bond donors (Lipinski definition) is 3. The quantitative estimate of drug-likeness (QED) is 0.316. The van der Waals surface area contributed by atoms with Crippen molar-refractivity contribution in [3.8, 4) is 17.2 Å². The van der Waals surface area contributed by atoms with Crippen molar-refractivity contribution in [2.75, 3.05) is 0 Å². The van der Waals surface area contributed by atoms with Gasteiger partial charge >= 0.3 is 0 Å².